The third kappa shape index (κ3) is 1.07. The van der Waals surface area contributed by atoms with Crippen LogP contribution in [0.3, 0.4) is 0 Å². The van der Waals surface area contributed by atoms with Gasteiger partial charge < -0.3 is 16.9 Å². The summed E-state index contributed by atoms with van der Waals surface area (Å²) in [6.07, 6.45) is 6.94. The van der Waals surface area contributed by atoms with Crippen molar-refractivity contribution in [3.63, 3.8) is 0 Å². The van der Waals surface area contributed by atoms with E-state index in [9.17, 15) is 0 Å². The van der Waals surface area contributed by atoms with Crippen LogP contribution in [0.25, 0.3) is 0 Å². The Bertz CT molecular complexity index is 242. The van der Waals surface area contributed by atoms with Crippen molar-refractivity contribution >= 4 is 5.71 Å². The predicted molar refractivity (Wildman–Crippen MR) is 41.4 cm³/mol. The molecule has 3 nitrogen and oxygen atoms in total. The number of nitrogens with two attached hydrogens (primary N) is 2. The van der Waals surface area contributed by atoms with Gasteiger partial charge in [0, 0.05) is 5.57 Å². The Balaban J connectivity index is 3.02. The highest BCUT2D eigenvalue weighted by Crippen LogP contribution is 2.06. The first-order valence-corrected chi connectivity index (χ1v) is 2.90. The third-order valence-corrected chi connectivity index (χ3v) is 1.24. The molecule has 1 aliphatic rings. The lowest BCUT2D eigenvalue weighted by Crippen LogP contribution is -2.15. The second-order valence-corrected chi connectivity index (χ2v) is 2.00. The number of nitrogens with one attached hydrogen (secondary N) is 1. The van der Waals surface area contributed by atoms with Gasteiger partial charge in [-0.05, 0) is 12.2 Å². The van der Waals surface area contributed by atoms with Gasteiger partial charge in [-0.2, -0.15) is 0 Å². The molecule has 3 heteroatoms. The van der Waals surface area contributed by atoms with Gasteiger partial charge in [0.1, 0.15) is 5.82 Å². The van der Waals surface area contributed by atoms with E-state index in [1.165, 1.54) is 0 Å². The Morgan fingerprint density at radius 1 is 1.20 bits per heavy atom. The molecule has 1 rings (SSSR count). The molecule has 0 aromatic heterocycles. The monoisotopic (exact) mass is 135 g/mol. The molecule has 0 fully saturated rings. The van der Waals surface area contributed by atoms with Crippen molar-refractivity contribution in [2.75, 3.05) is 0 Å². The summed E-state index contributed by atoms with van der Waals surface area (Å²) in [6, 6.07) is 0. The Morgan fingerprint density at radius 3 is 2.20 bits per heavy atom. The molecule has 0 aromatic carbocycles. The molecule has 0 atom stereocenters. The fraction of sp³-hybridized carbons (Fsp3) is 0. The minimum Gasteiger partial charge on any atom is -0.385 e. The van der Waals surface area contributed by atoms with E-state index in [0.29, 0.717) is 11.3 Å². The van der Waals surface area contributed by atoms with Crippen LogP contribution in [0.4, 0.5) is 0 Å². The van der Waals surface area contributed by atoms with Gasteiger partial charge >= 0.3 is 0 Å². The molecule has 52 valence electrons. The van der Waals surface area contributed by atoms with Crippen molar-refractivity contribution in [3.8, 4) is 0 Å². The summed E-state index contributed by atoms with van der Waals surface area (Å²) in [5, 5.41) is 7.32. The largest absolute Gasteiger partial charge is 0.385 e. The highest BCUT2D eigenvalue weighted by Gasteiger charge is 2.03. The van der Waals surface area contributed by atoms with Crippen molar-refractivity contribution in [1.82, 2.24) is 0 Å². The topological polar surface area (TPSA) is 75.9 Å². The van der Waals surface area contributed by atoms with Crippen LogP contribution in [-0.4, -0.2) is 5.71 Å². The first-order chi connectivity index (χ1) is 4.72. The van der Waals surface area contributed by atoms with Gasteiger partial charge in [-0.15, -0.1) is 0 Å². The van der Waals surface area contributed by atoms with Gasteiger partial charge in [0.15, 0.2) is 0 Å². The van der Waals surface area contributed by atoms with E-state index in [2.05, 4.69) is 0 Å². The second kappa shape index (κ2) is 2.39. The molecule has 0 heterocycles. The molecule has 5 N–H and O–H groups in total. The van der Waals surface area contributed by atoms with Crippen LogP contribution >= 0.6 is 0 Å². The third-order valence-electron chi connectivity index (χ3n) is 1.24. The van der Waals surface area contributed by atoms with Gasteiger partial charge in [-0.3, -0.25) is 0 Å². The molecule has 0 radical (unpaired) electrons. The molecule has 10 heavy (non-hydrogen) atoms. The molecule has 0 aromatic rings. The highest BCUT2D eigenvalue weighted by molar-refractivity contribution is 6.09. The van der Waals surface area contributed by atoms with E-state index in [1.807, 2.05) is 0 Å². The van der Waals surface area contributed by atoms with E-state index >= 15 is 0 Å². The van der Waals surface area contributed by atoms with E-state index in [-0.39, 0.29) is 5.82 Å². The van der Waals surface area contributed by atoms with Crippen LogP contribution in [-0.2, 0) is 0 Å². The van der Waals surface area contributed by atoms with Crippen LogP contribution in [0.2, 0.25) is 0 Å². The van der Waals surface area contributed by atoms with E-state index in [0.717, 1.165) is 0 Å². The van der Waals surface area contributed by atoms with Crippen molar-refractivity contribution in [2.24, 2.45) is 11.5 Å². The highest BCUT2D eigenvalue weighted by atomic mass is 14.8. The number of rotatable bonds is 0. The minimum absolute atomic E-state index is 0.200. The number of allylic oxidation sites excluding steroid dienone is 5. The van der Waals surface area contributed by atoms with Crippen LogP contribution in [0.15, 0.2) is 35.7 Å². The summed E-state index contributed by atoms with van der Waals surface area (Å²) in [5.41, 5.74) is 11.5. The second-order valence-electron chi connectivity index (χ2n) is 2.00. The van der Waals surface area contributed by atoms with Gasteiger partial charge in [-0.25, -0.2) is 0 Å². The lowest BCUT2D eigenvalue weighted by molar-refractivity contribution is 1.22. The molecule has 0 unspecified atom stereocenters. The van der Waals surface area contributed by atoms with E-state index < -0.39 is 0 Å². The lowest BCUT2D eigenvalue weighted by atomic mass is 10.1. The number of hydrogen-bond donors (Lipinski definition) is 3. The van der Waals surface area contributed by atoms with Crippen molar-refractivity contribution in [2.45, 2.75) is 0 Å². The van der Waals surface area contributed by atoms with E-state index in [1.54, 1.807) is 24.3 Å². The van der Waals surface area contributed by atoms with Gasteiger partial charge in [0.25, 0.3) is 0 Å². The summed E-state index contributed by atoms with van der Waals surface area (Å²) >= 11 is 0. The summed E-state index contributed by atoms with van der Waals surface area (Å²) in [4.78, 5) is 0. The Kier molecular flexibility index (Phi) is 1.58. The Labute approximate surface area is 59.2 Å². The molecule has 1 aliphatic carbocycles. The Hall–Kier alpha value is -1.51. The molecule has 0 amide bonds. The molecule has 0 bridgehead atoms. The predicted octanol–water partition coefficient (Wildman–Crippen LogP) is 0.261. The normalized spacial score (nSPS) is 16.0. The molecular weight excluding hydrogens is 126 g/mol. The van der Waals surface area contributed by atoms with Gasteiger partial charge in [-0.1, -0.05) is 12.2 Å². The van der Waals surface area contributed by atoms with Crippen molar-refractivity contribution in [1.29, 1.82) is 5.41 Å². The summed E-state index contributed by atoms with van der Waals surface area (Å²) in [6.45, 7) is 0. The van der Waals surface area contributed by atoms with Crippen molar-refractivity contribution in [3.05, 3.63) is 35.7 Å². The molecule has 0 spiro atoms. The number of hydrogen-bond acceptors (Lipinski definition) is 3. The van der Waals surface area contributed by atoms with E-state index in [4.69, 9.17) is 16.9 Å². The maximum Gasteiger partial charge on any atom is 0.103 e. The van der Waals surface area contributed by atoms with Crippen LogP contribution < -0.4 is 11.5 Å². The average molecular weight is 135 g/mol. The molecule has 0 aliphatic heterocycles. The molecule has 0 saturated carbocycles. The van der Waals surface area contributed by atoms with Crippen LogP contribution in [0, 0.1) is 5.41 Å². The fourth-order valence-electron chi connectivity index (χ4n) is 0.735. The maximum absolute atomic E-state index is 7.32. The molecule has 0 saturated heterocycles. The SMILES string of the molecule is N=C1C=CC=CC1=C(N)N. The zero-order chi connectivity index (χ0) is 7.56. The summed E-state index contributed by atoms with van der Waals surface area (Å²) in [5.74, 6) is 0.200. The van der Waals surface area contributed by atoms with Gasteiger partial charge in [0.2, 0.25) is 0 Å². The standard InChI is InChI=1S/C7H9N3/c8-6-4-2-1-3-5(6)7(9)10/h1-4,8H,9-10H2. The zero-order valence-corrected chi connectivity index (χ0v) is 5.46. The fourth-order valence-corrected chi connectivity index (χ4v) is 0.735. The van der Waals surface area contributed by atoms with Crippen LogP contribution in [0.1, 0.15) is 0 Å². The maximum atomic E-state index is 7.32. The van der Waals surface area contributed by atoms with Crippen LogP contribution in [0.5, 0.6) is 0 Å². The Morgan fingerprint density at radius 2 is 1.80 bits per heavy atom. The zero-order valence-electron chi connectivity index (χ0n) is 5.46. The first kappa shape index (κ1) is 6.61. The summed E-state index contributed by atoms with van der Waals surface area (Å²) in [7, 11) is 0. The average Bonchev–Trinajstić information content (AvgIpc) is 1.88. The smallest absolute Gasteiger partial charge is 0.103 e. The van der Waals surface area contributed by atoms with Gasteiger partial charge in [0.05, 0.1) is 5.71 Å². The molecular formula is C7H9N3. The van der Waals surface area contributed by atoms with Crippen molar-refractivity contribution < 1.29 is 0 Å². The lowest BCUT2D eigenvalue weighted by Gasteiger charge is -2.04. The quantitative estimate of drug-likeness (QED) is 0.445. The minimum atomic E-state index is 0.200. The first-order valence-electron chi connectivity index (χ1n) is 2.90. The summed E-state index contributed by atoms with van der Waals surface area (Å²) < 4.78 is 0.